The maximum atomic E-state index is 11.0. The highest BCUT2D eigenvalue weighted by Gasteiger charge is 2.13. The predicted octanol–water partition coefficient (Wildman–Crippen LogP) is 3.21. The third-order valence-electron chi connectivity index (χ3n) is 2.84. The lowest BCUT2D eigenvalue weighted by Gasteiger charge is -1.95. The summed E-state index contributed by atoms with van der Waals surface area (Å²) in [5.41, 5.74) is 2.32. The van der Waals surface area contributed by atoms with E-state index in [1.165, 1.54) is 0 Å². The average molecular weight is 224 g/mol. The Labute approximate surface area is 96.6 Å². The van der Waals surface area contributed by atoms with Gasteiger partial charge in [-0.3, -0.25) is 9.59 Å². The zero-order chi connectivity index (χ0) is 11.8. The van der Waals surface area contributed by atoms with E-state index in [1.807, 2.05) is 0 Å². The van der Waals surface area contributed by atoms with Crippen molar-refractivity contribution in [2.45, 2.75) is 0 Å². The lowest BCUT2D eigenvalue weighted by molar-refractivity contribution is 0.111. The SMILES string of the molecule is O=Cc1cccc2oc3cccc(C=O)c3c12. The third kappa shape index (κ3) is 1.29. The quantitative estimate of drug-likeness (QED) is 0.628. The van der Waals surface area contributed by atoms with Crippen molar-refractivity contribution in [1.82, 2.24) is 0 Å². The summed E-state index contributed by atoms with van der Waals surface area (Å²) in [4.78, 5) is 22.1. The minimum atomic E-state index is 0.538. The van der Waals surface area contributed by atoms with E-state index in [0.29, 0.717) is 33.1 Å². The second-order valence-corrected chi connectivity index (χ2v) is 3.78. The summed E-state index contributed by atoms with van der Waals surface area (Å²) in [6.07, 6.45) is 1.55. The van der Waals surface area contributed by atoms with Crippen LogP contribution in [0.5, 0.6) is 0 Å². The van der Waals surface area contributed by atoms with E-state index in [1.54, 1.807) is 36.4 Å². The molecule has 0 aliphatic carbocycles. The van der Waals surface area contributed by atoms with Gasteiger partial charge in [0.15, 0.2) is 12.6 Å². The van der Waals surface area contributed by atoms with Gasteiger partial charge < -0.3 is 4.42 Å². The molecule has 0 saturated carbocycles. The van der Waals surface area contributed by atoms with Crippen molar-refractivity contribution in [2.24, 2.45) is 0 Å². The van der Waals surface area contributed by atoms with Crippen molar-refractivity contribution in [2.75, 3.05) is 0 Å². The van der Waals surface area contributed by atoms with Gasteiger partial charge in [-0.25, -0.2) is 0 Å². The van der Waals surface area contributed by atoms with Crippen molar-refractivity contribution in [3.63, 3.8) is 0 Å². The molecule has 1 heterocycles. The minimum Gasteiger partial charge on any atom is -0.456 e. The van der Waals surface area contributed by atoms with Gasteiger partial charge in [-0.1, -0.05) is 24.3 Å². The Kier molecular flexibility index (Phi) is 2.05. The van der Waals surface area contributed by atoms with Crippen LogP contribution in [-0.4, -0.2) is 12.6 Å². The highest BCUT2D eigenvalue weighted by Crippen LogP contribution is 2.32. The van der Waals surface area contributed by atoms with Crippen LogP contribution in [0.25, 0.3) is 21.9 Å². The molecule has 0 aliphatic rings. The lowest BCUT2D eigenvalue weighted by atomic mass is 10.0. The van der Waals surface area contributed by atoms with Crippen molar-refractivity contribution in [3.8, 4) is 0 Å². The molecule has 3 heteroatoms. The standard InChI is InChI=1S/C14H8O3/c15-7-9-3-1-5-11-13(9)14-10(8-16)4-2-6-12(14)17-11/h1-8H. The molecule has 82 valence electrons. The molecule has 0 fully saturated rings. The normalized spacial score (nSPS) is 10.8. The maximum absolute atomic E-state index is 11.0. The van der Waals surface area contributed by atoms with E-state index in [4.69, 9.17) is 4.42 Å². The first-order valence-electron chi connectivity index (χ1n) is 5.20. The van der Waals surface area contributed by atoms with Gasteiger partial charge in [0, 0.05) is 21.9 Å². The van der Waals surface area contributed by atoms with Crippen LogP contribution in [0.2, 0.25) is 0 Å². The number of furan rings is 1. The van der Waals surface area contributed by atoms with Crippen LogP contribution < -0.4 is 0 Å². The Morgan fingerprint density at radius 3 is 1.65 bits per heavy atom. The minimum absolute atomic E-state index is 0.538. The molecule has 0 atom stereocenters. The van der Waals surface area contributed by atoms with Gasteiger partial charge in [-0.15, -0.1) is 0 Å². The molecule has 0 N–H and O–H groups in total. The molecule has 0 aliphatic heterocycles. The summed E-state index contributed by atoms with van der Waals surface area (Å²) in [6, 6.07) is 10.5. The van der Waals surface area contributed by atoms with Gasteiger partial charge in [0.2, 0.25) is 0 Å². The van der Waals surface area contributed by atoms with Crippen molar-refractivity contribution in [1.29, 1.82) is 0 Å². The Morgan fingerprint density at radius 2 is 1.24 bits per heavy atom. The van der Waals surface area contributed by atoms with Gasteiger partial charge in [-0.05, 0) is 12.1 Å². The highest BCUT2D eigenvalue weighted by molar-refractivity contribution is 6.17. The summed E-state index contributed by atoms with van der Waals surface area (Å²) in [5.74, 6) is 0. The van der Waals surface area contributed by atoms with Crippen LogP contribution in [0, 0.1) is 0 Å². The van der Waals surface area contributed by atoms with Crippen molar-refractivity contribution >= 4 is 34.5 Å². The monoisotopic (exact) mass is 224 g/mol. The van der Waals surface area contributed by atoms with E-state index in [0.717, 1.165) is 12.6 Å². The molecule has 0 bridgehead atoms. The third-order valence-corrected chi connectivity index (χ3v) is 2.84. The Bertz CT molecular complexity index is 675. The van der Waals surface area contributed by atoms with Crippen molar-refractivity contribution in [3.05, 3.63) is 47.5 Å². The first kappa shape index (κ1) is 9.78. The van der Waals surface area contributed by atoms with Crippen LogP contribution in [0.15, 0.2) is 40.8 Å². The average Bonchev–Trinajstić information content (AvgIpc) is 2.76. The van der Waals surface area contributed by atoms with Crippen molar-refractivity contribution < 1.29 is 14.0 Å². The molecule has 2 aromatic carbocycles. The summed E-state index contributed by atoms with van der Waals surface area (Å²) in [5, 5.41) is 1.42. The fourth-order valence-corrected chi connectivity index (χ4v) is 2.12. The molecule has 0 unspecified atom stereocenters. The van der Waals surface area contributed by atoms with Gasteiger partial charge in [-0.2, -0.15) is 0 Å². The van der Waals surface area contributed by atoms with Gasteiger partial charge in [0.1, 0.15) is 11.2 Å². The molecule has 3 rings (SSSR count). The number of aldehydes is 2. The highest BCUT2D eigenvalue weighted by atomic mass is 16.3. The molecular formula is C14H8O3. The number of carbonyl (C=O) groups is 2. The molecule has 0 spiro atoms. The number of hydrogen-bond acceptors (Lipinski definition) is 3. The van der Waals surface area contributed by atoms with E-state index < -0.39 is 0 Å². The smallest absolute Gasteiger partial charge is 0.150 e. The van der Waals surface area contributed by atoms with Crippen LogP contribution >= 0.6 is 0 Å². The molecule has 3 aromatic rings. The fraction of sp³-hybridized carbons (Fsp3) is 0. The first-order valence-corrected chi connectivity index (χ1v) is 5.20. The van der Waals surface area contributed by atoms with E-state index in [9.17, 15) is 9.59 Å². The van der Waals surface area contributed by atoms with Crippen LogP contribution in [0.1, 0.15) is 20.7 Å². The molecule has 3 nitrogen and oxygen atoms in total. The largest absolute Gasteiger partial charge is 0.456 e. The van der Waals surface area contributed by atoms with Crippen LogP contribution in [-0.2, 0) is 0 Å². The second-order valence-electron chi connectivity index (χ2n) is 3.78. The first-order chi connectivity index (χ1) is 8.35. The lowest BCUT2D eigenvalue weighted by Crippen LogP contribution is -1.84. The molecule has 0 amide bonds. The summed E-state index contributed by atoms with van der Waals surface area (Å²) in [6.45, 7) is 0. The van der Waals surface area contributed by atoms with Gasteiger partial charge in [0.25, 0.3) is 0 Å². The van der Waals surface area contributed by atoms with Crippen LogP contribution in [0.3, 0.4) is 0 Å². The molecule has 0 radical (unpaired) electrons. The van der Waals surface area contributed by atoms with E-state index in [2.05, 4.69) is 0 Å². The van der Waals surface area contributed by atoms with Gasteiger partial charge in [0.05, 0.1) is 0 Å². The molecule has 1 aromatic heterocycles. The molecular weight excluding hydrogens is 216 g/mol. The molecule has 17 heavy (non-hydrogen) atoms. The summed E-state index contributed by atoms with van der Waals surface area (Å²) >= 11 is 0. The summed E-state index contributed by atoms with van der Waals surface area (Å²) < 4.78 is 5.62. The number of benzene rings is 2. The Balaban J connectivity index is 2.64. The number of rotatable bonds is 2. The fourth-order valence-electron chi connectivity index (χ4n) is 2.12. The van der Waals surface area contributed by atoms with E-state index in [-0.39, 0.29) is 0 Å². The number of carbonyl (C=O) groups excluding carboxylic acids is 2. The summed E-state index contributed by atoms with van der Waals surface area (Å²) in [7, 11) is 0. The molecule has 0 saturated heterocycles. The zero-order valence-corrected chi connectivity index (χ0v) is 8.84. The van der Waals surface area contributed by atoms with E-state index >= 15 is 0 Å². The number of fused-ring (bicyclic) bond motifs is 3. The second kappa shape index (κ2) is 3.56. The Morgan fingerprint density at radius 1 is 0.765 bits per heavy atom. The maximum Gasteiger partial charge on any atom is 0.150 e. The topological polar surface area (TPSA) is 47.3 Å². The van der Waals surface area contributed by atoms with Gasteiger partial charge >= 0.3 is 0 Å². The predicted molar refractivity (Wildman–Crippen MR) is 64.5 cm³/mol. The Hall–Kier alpha value is -2.42. The zero-order valence-electron chi connectivity index (χ0n) is 8.84. The van der Waals surface area contributed by atoms with Crippen LogP contribution in [0.4, 0.5) is 0 Å². The number of hydrogen-bond donors (Lipinski definition) is 0.